The molecule has 0 atom stereocenters. The fourth-order valence-electron chi connectivity index (χ4n) is 4.12. The minimum absolute atomic E-state index is 0.295. The molecule has 0 aliphatic rings. The van der Waals surface area contributed by atoms with Crippen molar-refractivity contribution in [3.05, 3.63) is 12.2 Å². The molecule has 0 unspecified atom stereocenters. The molecule has 0 saturated heterocycles. The van der Waals surface area contributed by atoms with E-state index in [9.17, 15) is 4.79 Å². The Morgan fingerprint density at radius 3 is 1.13 bits per heavy atom. The lowest BCUT2D eigenvalue weighted by Gasteiger charge is -2.04. The monoisotopic (exact) mass is 422 g/mol. The van der Waals surface area contributed by atoms with Gasteiger partial charge in [-0.3, -0.25) is 4.79 Å². The lowest BCUT2D eigenvalue weighted by atomic mass is 10.0. The molecule has 30 heavy (non-hydrogen) atoms. The minimum Gasteiger partial charge on any atom is -0.481 e. The summed E-state index contributed by atoms with van der Waals surface area (Å²) < 4.78 is 0. The Morgan fingerprint density at radius 2 is 0.800 bits per heavy atom. The van der Waals surface area contributed by atoms with Crippen LogP contribution in [-0.4, -0.2) is 11.1 Å². The second-order valence-corrected chi connectivity index (χ2v) is 9.26. The van der Waals surface area contributed by atoms with Crippen molar-refractivity contribution in [1.29, 1.82) is 0 Å². The molecule has 0 aliphatic carbocycles. The van der Waals surface area contributed by atoms with Crippen LogP contribution < -0.4 is 0 Å². The van der Waals surface area contributed by atoms with Crippen molar-refractivity contribution in [2.24, 2.45) is 0 Å². The maximum Gasteiger partial charge on any atom is 0.303 e. The average Bonchev–Trinajstić information content (AvgIpc) is 2.73. The first-order valence-corrected chi connectivity index (χ1v) is 13.6. The number of allylic oxidation sites excluding steroid dienone is 2. The Hall–Kier alpha value is -0.790. The smallest absolute Gasteiger partial charge is 0.303 e. The average molecular weight is 423 g/mol. The van der Waals surface area contributed by atoms with Gasteiger partial charge in [-0.2, -0.15) is 0 Å². The van der Waals surface area contributed by atoms with Crippen LogP contribution in [0.25, 0.3) is 0 Å². The van der Waals surface area contributed by atoms with Crippen LogP contribution in [0.1, 0.15) is 161 Å². The molecule has 0 bridgehead atoms. The molecule has 0 aromatic rings. The van der Waals surface area contributed by atoms with Gasteiger partial charge in [-0.25, -0.2) is 0 Å². The lowest BCUT2D eigenvalue weighted by Crippen LogP contribution is -1.92. The maximum atomic E-state index is 10.4. The van der Waals surface area contributed by atoms with Crippen LogP contribution in [0.15, 0.2) is 12.2 Å². The van der Waals surface area contributed by atoms with Gasteiger partial charge in [0, 0.05) is 6.42 Å². The van der Waals surface area contributed by atoms with Crippen molar-refractivity contribution in [2.45, 2.75) is 161 Å². The number of carbonyl (C=O) groups is 1. The molecule has 0 amide bonds. The van der Waals surface area contributed by atoms with Crippen molar-refractivity contribution in [1.82, 2.24) is 0 Å². The van der Waals surface area contributed by atoms with Crippen LogP contribution in [0.2, 0.25) is 0 Å². The molecule has 2 heteroatoms. The van der Waals surface area contributed by atoms with E-state index >= 15 is 0 Å². The maximum absolute atomic E-state index is 10.4. The summed E-state index contributed by atoms with van der Waals surface area (Å²) in [4.78, 5) is 10.4. The predicted molar refractivity (Wildman–Crippen MR) is 133 cm³/mol. The van der Waals surface area contributed by atoms with E-state index in [0.29, 0.717) is 6.42 Å². The molecule has 178 valence electrons. The number of hydrogen-bond acceptors (Lipinski definition) is 1. The fourth-order valence-corrected chi connectivity index (χ4v) is 4.12. The Kier molecular flexibility index (Phi) is 25.6. The summed E-state index contributed by atoms with van der Waals surface area (Å²) >= 11 is 0. The van der Waals surface area contributed by atoms with Gasteiger partial charge in [-0.15, -0.1) is 0 Å². The van der Waals surface area contributed by atoms with Gasteiger partial charge >= 0.3 is 5.97 Å². The van der Waals surface area contributed by atoms with Crippen LogP contribution in [-0.2, 0) is 4.79 Å². The minimum atomic E-state index is -0.683. The van der Waals surface area contributed by atoms with Crippen LogP contribution in [0.5, 0.6) is 0 Å². The van der Waals surface area contributed by atoms with E-state index in [1.54, 1.807) is 0 Å². The van der Waals surface area contributed by atoms with Crippen LogP contribution in [0.4, 0.5) is 0 Å². The zero-order valence-corrected chi connectivity index (χ0v) is 20.5. The largest absolute Gasteiger partial charge is 0.481 e. The lowest BCUT2D eigenvalue weighted by molar-refractivity contribution is -0.137. The highest BCUT2D eigenvalue weighted by molar-refractivity contribution is 5.66. The molecule has 0 rings (SSSR count). The second-order valence-electron chi connectivity index (χ2n) is 9.26. The van der Waals surface area contributed by atoms with Gasteiger partial charge in [0.25, 0.3) is 0 Å². The third-order valence-corrected chi connectivity index (χ3v) is 6.15. The highest BCUT2D eigenvalue weighted by atomic mass is 16.4. The molecular weight excluding hydrogens is 368 g/mol. The summed E-state index contributed by atoms with van der Waals surface area (Å²) in [5.74, 6) is -0.683. The van der Waals surface area contributed by atoms with E-state index in [-0.39, 0.29) is 0 Å². The molecular formula is C28H54O2. The number of unbranched alkanes of at least 4 members (excludes halogenated alkanes) is 21. The number of aliphatic carboxylic acids is 1. The van der Waals surface area contributed by atoms with Gasteiger partial charge < -0.3 is 5.11 Å². The molecule has 0 aromatic carbocycles. The Morgan fingerprint density at radius 1 is 0.500 bits per heavy atom. The standard InChI is InChI=1S/C28H54O2/c1-2-3-4-5-6-7-8-9-10-11-12-13-14-15-16-17-18-19-20-21-22-23-24-25-26-27-28(29)30/h23-24H,2-22,25-27H2,1H3,(H,29,30)/b24-23-. The normalized spacial score (nSPS) is 11.5. The Labute approximate surface area is 189 Å². The van der Waals surface area contributed by atoms with Gasteiger partial charge in [0.2, 0.25) is 0 Å². The fraction of sp³-hybridized carbons (Fsp3) is 0.893. The molecule has 0 aliphatic heterocycles. The molecule has 0 aromatic heterocycles. The first-order chi connectivity index (χ1) is 14.8. The van der Waals surface area contributed by atoms with E-state index in [1.807, 2.05) is 0 Å². The number of carboxylic acid groups (broad SMARTS) is 1. The topological polar surface area (TPSA) is 37.3 Å². The molecule has 2 nitrogen and oxygen atoms in total. The summed E-state index contributed by atoms with van der Waals surface area (Å²) in [5, 5.41) is 8.57. The van der Waals surface area contributed by atoms with Crippen molar-refractivity contribution >= 4 is 5.97 Å². The van der Waals surface area contributed by atoms with E-state index in [1.165, 1.54) is 128 Å². The molecule has 0 fully saturated rings. The van der Waals surface area contributed by atoms with Gasteiger partial charge in [0.1, 0.15) is 0 Å². The summed E-state index contributed by atoms with van der Waals surface area (Å²) in [5.41, 5.74) is 0. The van der Waals surface area contributed by atoms with Crippen molar-refractivity contribution in [2.75, 3.05) is 0 Å². The quantitative estimate of drug-likeness (QED) is 0.117. The Bertz CT molecular complexity index is 362. The molecule has 0 saturated carbocycles. The van der Waals surface area contributed by atoms with Gasteiger partial charge in [0.05, 0.1) is 0 Å². The van der Waals surface area contributed by atoms with E-state index in [2.05, 4.69) is 19.1 Å². The Balaban J connectivity index is 3.05. The predicted octanol–water partition coefficient (Wildman–Crippen LogP) is 10.0. The van der Waals surface area contributed by atoms with E-state index in [0.717, 1.165) is 19.3 Å². The second kappa shape index (κ2) is 26.2. The molecule has 1 N–H and O–H groups in total. The number of rotatable bonds is 25. The highest BCUT2D eigenvalue weighted by Crippen LogP contribution is 2.15. The van der Waals surface area contributed by atoms with E-state index < -0.39 is 5.97 Å². The van der Waals surface area contributed by atoms with Gasteiger partial charge in [-0.1, -0.05) is 141 Å². The first kappa shape index (κ1) is 29.2. The summed E-state index contributed by atoms with van der Waals surface area (Å²) in [6.07, 6.45) is 36.1. The molecule has 0 spiro atoms. The van der Waals surface area contributed by atoms with Gasteiger partial charge in [-0.05, 0) is 25.7 Å². The van der Waals surface area contributed by atoms with Gasteiger partial charge in [0.15, 0.2) is 0 Å². The zero-order valence-electron chi connectivity index (χ0n) is 20.5. The van der Waals surface area contributed by atoms with Crippen LogP contribution in [0.3, 0.4) is 0 Å². The highest BCUT2D eigenvalue weighted by Gasteiger charge is 1.96. The van der Waals surface area contributed by atoms with Crippen LogP contribution in [0, 0.1) is 0 Å². The summed E-state index contributed by atoms with van der Waals surface area (Å²) in [6, 6.07) is 0. The first-order valence-electron chi connectivity index (χ1n) is 13.6. The zero-order chi connectivity index (χ0) is 22.0. The number of hydrogen-bond donors (Lipinski definition) is 1. The molecule has 0 heterocycles. The van der Waals surface area contributed by atoms with Crippen molar-refractivity contribution in [3.63, 3.8) is 0 Å². The third-order valence-electron chi connectivity index (χ3n) is 6.15. The van der Waals surface area contributed by atoms with E-state index in [4.69, 9.17) is 5.11 Å². The van der Waals surface area contributed by atoms with Crippen molar-refractivity contribution in [3.8, 4) is 0 Å². The summed E-state index contributed by atoms with van der Waals surface area (Å²) in [7, 11) is 0. The summed E-state index contributed by atoms with van der Waals surface area (Å²) in [6.45, 7) is 2.29. The molecule has 0 radical (unpaired) electrons. The third kappa shape index (κ3) is 27.2. The number of carboxylic acids is 1. The SMILES string of the molecule is CCCCCCCCCCCCCCCCCCCCCC/C=C\CCCC(=O)O. The van der Waals surface area contributed by atoms with Crippen LogP contribution >= 0.6 is 0 Å². The van der Waals surface area contributed by atoms with Crippen molar-refractivity contribution < 1.29 is 9.90 Å².